The van der Waals surface area contributed by atoms with Crippen LogP contribution in [0, 0.1) is 0 Å². The SMILES string of the molecule is CC(=O)N[n+]1cnn(Cc2ccc(Br)cc2)c1.[Br-]. The van der Waals surface area contributed by atoms with Crippen LogP contribution < -0.4 is 27.1 Å². The Kier molecular flexibility index (Phi) is 5.49. The second-order valence-corrected chi connectivity index (χ2v) is 4.56. The van der Waals surface area contributed by atoms with Crippen LogP contribution in [0.15, 0.2) is 41.4 Å². The molecule has 1 heterocycles. The van der Waals surface area contributed by atoms with Crippen LogP contribution in [0.1, 0.15) is 12.5 Å². The van der Waals surface area contributed by atoms with E-state index in [0.717, 1.165) is 10.0 Å². The van der Waals surface area contributed by atoms with Gasteiger partial charge in [0.2, 0.25) is 12.2 Å². The van der Waals surface area contributed by atoms with E-state index in [1.54, 1.807) is 17.3 Å². The summed E-state index contributed by atoms with van der Waals surface area (Å²) in [5.41, 5.74) is 3.75. The highest BCUT2D eigenvalue weighted by atomic mass is 79.9. The number of benzene rings is 1. The molecule has 0 saturated carbocycles. The van der Waals surface area contributed by atoms with Crippen LogP contribution in [0.4, 0.5) is 0 Å². The highest BCUT2D eigenvalue weighted by molar-refractivity contribution is 9.10. The second-order valence-electron chi connectivity index (χ2n) is 3.65. The minimum atomic E-state index is -0.127. The van der Waals surface area contributed by atoms with Crippen molar-refractivity contribution in [2.75, 3.05) is 5.43 Å². The molecule has 18 heavy (non-hydrogen) atoms. The highest BCUT2D eigenvalue weighted by Gasteiger charge is 2.07. The van der Waals surface area contributed by atoms with Crippen molar-refractivity contribution >= 4 is 21.8 Å². The Morgan fingerprint density at radius 3 is 2.72 bits per heavy atom. The van der Waals surface area contributed by atoms with E-state index in [-0.39, 0.29) is 22.9 Å². The summed E-state index contributed by atoms with van der Waals surface area (Å²) in [4.78, 5) is 10.8. The molecule has 2 aromatic rings. The van der Waals surface area contributed by atoms with Crippen molar-refractivity contribution in [1.29, 1.82) is 0 Å². The first-order valence-corrected chi connectivity index (χ1v) is 5.88. The molecule has 0 aliphatic carbocycles. The van der Waals surface area contributed by atoms with Gasteiger partial charge in [0.1, 0.15) is 6.54 Å². The van der Waals surface area contributed by atoms with Gasteiger partial charge >= 0.3 is 0 Å². The molecule has 5 nitrogen and oxygen atoms in total. The molecule has 1 N–H and O–H groups in total. The van der Waals surface area contributed by atoms with Gasteiger partial charge < -0.3 is 17.0 Å². The molecule has 2 rings (SSSR count). The minimum absolute atomic E-state index is 0. The summed E-state index contributed by atoms with van der Waals surface area (Å²) < 4.78 is 4.33. The number of carbonyl (C=O) groups excluding carboxylic acids is 1. The highest BCUT2D eigenvalue weighted by Crippen LogP contribution is 2.10. The van der Waals surface area contributed by atoms with E-state index < -0.39 is 0 Å². The molecule has 0 radical (unpaired) electrons. The minimum Gasteiger partial charge on any atom is -1.00 e. The third-order valence-electron chi connectivity index (χ3n) is 2.13. The Hall–Kier alpha value is -1.21. The van der Waals surface area contributed by atoms with Gasteiger partial charge in [-0.1, -0.05) is 28.1 Å². The number of aromatic nitrogens is 3. The largest absolute Gasteiger partial charge is 1.00 e. The number of nitrogens with one attached hydrogen (secondary N) is 1. The number of halogens is 2. The number of hydrogen-bond acceptors (Lipinski definition) is 2. The van der Waals surface area contributed by atoms with Gasteiger partial charge in [-0.2, -0.15) is 0 Å². The van der Waals surface area contributed by atoms with Crippen LogP contribution in [0.5, 0.6) is 0 Å². The monoisotopic (exact) mass is 374 g/mol. The molecule has 0 atom stereocenters. The first kappa shape index (κ1) is 14.8. The zero-order valence-electron chi connectivity index (χ0n) is 9.68. The van der Waals surface area contributed by atoms with Crippen molar-refractivity contribution in [3.05, 3.63) is 47.0 Å². The molecule has 1 amide bonds. The maximum Gasteiger partial charge on any atom is 0.287 e. The summed E-state index contributed by atoms with van der Waals surface area (Å²) in [6.45, 7) is 2.12. The van der Waals surface area contributed by atoms with Gasteiger partial charge in [0.25, 0.3) is 6.33 Å². The standard InChI is InChI=1S/C11H11BrN4O.BrH/c1-9(17)14-16-7-13-15(8-16)6-10-2-4-11(12)5-3-10;/h2-5,7-8H,6H2,1H3;1H. The topological polar surface area (TPSA) is 50.8 Å². The average Bonchev–Trinajstić information content (AvgIpc) is 2.68. The van der Waals surface area contributed by atoms with E-state index in [1.165, 1.54) is 11.6 Å². The lowest BCUT2D eigenvalue weighted by molar-refractivity contribution is -0.643. The van der Waals surface area contributed by atoms with E-state index in [2.05, 4.69) is 26.5 Å². The Bertz CT molecular complexity index is 524. The number of carbonyl (C=O) groups is 1. The second kappa shape index (κ2) is 6.65. The molecule has 96 valence electrons. The molecule has 0 unspecified atom stereocenters. The van der Waals surface area contributed by atoms with Crippen LogP contribution in [-0.2, 0) is 11.3 Å². The van der Waals surface area contributed by atoms with Crippen LogP contribution >= 0.6 is 15.9 Å². The Balaban J connectivity index is 0.00000162. The van der Waals surface area contributed by atoms with Crippen LogP contribution in [0.25, 0.3) is 0 Å². The molecule has 0 bridgehead atoms. The van der Waals surface area contributed by atoms with Gasteiger partial charge in [-0.3, -0.25) is 4.79 Å². The molecule has 0 spiro atoms. The van der Waals surface area contributed by atoms with Crippen molar-refractivity contribution in [1.82, 2.24) is 9.78 Å². The molecule has 7 heteroatoms. The summed E-state index contributed by atoms with van der Waals surface area (Å²) in [5.74, 6) is -0.127. The van der Waals surface area contributed by atoms with E-state index in [0.29, 0.717) is 6.54 Å². The van der Waals surface area contributed by atoms with Crippen molar-refractivity contribution in [2.45, 2.75) is 13.5 Å². The molecule has 0 aliphatic heterocycles. The predicted octanol–water partition coefficient (Wildman–Crippen LogP) is -1.92. The molecule has 1 aromatic carbocycles. The summed E-state index contributed by atoms with van der Waals surface area (Å²) >= 11 is 3.39. The van der Waals surface area contributed by atoms with Crippen LogP contribution in [0.2, 0.25) is 0 Å². The average molecular weight is 376 g/mol. The lowest BCUT2D eigenvalue weighted by atomic mass is 10.2. The van der Waals surface area contributed by atoms with Crippen LogP contribution in [0.3, 0.4) is 0 Å². The summed E-state index contributed by atoms with van der Waals surface area (Å²) in [6.07, 6.45) is 3.28. The molecule has 0 aliphatic rings. The van der Waals surface area contributed by atoms with Crippen molar-refractivity contribution in [3.63, 3.8) is 0 Å². The lowest BCUT2D eigenvalue weighted by Gasteiger charge is -1.96. The van der Waals surface area contributed by atoms with E-state index in [4.69, 9.17) is 0 Å². The van der Waals surface area contributed by atoms with Crippen molar-refractivity contribution in [2.24, 2.45) is 0 Å². The molecule has 1 aromatic heterocycles. The van der Waals surface area contributed by atoms with Crippen molar-refractivity contribution in [3.8, 4) is 0 Å². The normalized spacial score (nSPS) is 9.67. The molecule has 0 saturated heterocycles. The lowest BCUT2D eigenvalue weighted by Crippen LogP contribution is -3.00. The first-order chi connectivity index (χ1) is 8.13. The van der Waals surface area contributed by atoms with Gasteiger partial charge in [-0.15, -0.1) is 9.36 Å². The molecular formula is C11H12Br2N4O. The van der Waals surface area contributed by atoms with E-state index in [1.807, 2.05) is 24.3 Å². The summed E-state index contributed by atoms with van der Waals surface area (Å²) in [5, 5.41) is 4.14. The maximum atomic E-state index is 10.8. The molecular weight excluding hydrogens is 364 g/mol. The number of hydrogen-bond donors (Lipinski definition) is 1. The van der Waals surface area contributed by atoms with Crippen molar-refractivity contribution < 1.29 is 26.5 Å². The fourth-order valence-electron chi connectivity index (χ4n) is 1.42. The predicted molar refractivity (Wildman–Crippen MR) is 65.7 cm³/mol. The number of amides is 1. The number of nitrogens with zero attached hydrogens (tertiary/aromatic N) is 3. The zero-order chi connectivity index (χ0) is 12.3. The Labute approximate surface area is 124 Å². The van der Waals surface area contributed by atoms with Gasteiger partial charge in [0.05, 0.1) is 0 Å². The molecule has 0 fully saturated rings. The van der Waals surface area contributed by atoms with E-state index >= 15 is 0 Å². The van der Waals surface area contributed by atoms with Gasteiger partial charge in [0.15, 0.2) is 0 Å². The Morgan fingerprint density at radius 2 is 2.11 bits per heavy atom. The van der Waals surface area contributed by atoms with E-state index in [9.17, 15) is 4.79 Å². The smallest absolute Gasteiger partial charge is 0.287 e. The third kappa shape index (κ3) is 4.23. The third-order valence-corrected chi connectivity index (χ3v) is 2.66. The van der Waals surface area contributed by atoms with Crippen LogP contribution in [-0.4, -0.2) is 15.7 Å². The Morgan fingerprint density at radius 1 is 1.44 bits per heavy atom. The maximum absolute atomic E-state index is 10.8. The van der Waals surface area contributed by atoms with Gasteiger partial charge in [-0.05, 0) is 17.7 Å². The summed E-state index contributed by atoms with van der Waals surface area (Å²) in [7, 11) is 0. The van der Waals surface area contributed by atoms with Gasteiger partial charge in [0, 0.05) is 16.5 Å². The number of rotatable bonds is 3. The van der Waals surface area contributed by atoms with Gasteiger partial charge in [-0.25, -0.2) is 5.43 Å². The summed E-state index contributed by atoms with van der Waals surface area (Å²) in [6, 6.07) is 8.02. The zero-order valence-corrected chi connectivity index (χ0v) is 12.8. The first-order valence-electron chi connectivity index (χ1n) is 5.09. The fourth-order valence-corrected chi connectivity index (χ4v) is 1.69. The fraction of sp³-hybridized carbons (Fsp3) is 0.182. The quantitative estimate of drug-likeness (QED) is 0.635.